The van der Waals surface area contributed by atoms with E-state index in [2.05, 4.69) is 11.1 Å². The third-order valence-electron chi connectivity index (χ3n) is 1.05. The van der Waals surface area contributed by atoms with Crippen molar-refractivity contribution in [2.45, 2.75) is 13.0 Å². The van der Waals surface area contributed by atoms with Gasteiger partial charge in [0.1, 0.15) is 0 Å². The Balaban J connectivity index is 2.85. The predicted molar refractivity (Wildman–Crippen MR) is 33.7 cm³/mol. The molecular weight excluding hydrogens is 114 g/mol. The first-order valence-corrected chi connectivity index (χ1v) is 2.81. The second-order valence-electron chi connectivity index (χ2n) is 1.86. The molecule has 1 N–H and O–H groups in total. The minimum Gasteiger partial charge on any atom is -0.387 e. The third kappa shape index (κ3) is 1.50. The van der Waals surface area contributed by atoms with E-state index >= 15 is 0 Å². The lowest BCUT2D eigenvalue weighted by atomic mass is 10.2. The van der Waals surface area contributed by atoms with Crippen LogP contribution < -0.4 is 0 Å². The highest BCUT2D eigenvalue weighted by atomic mass is 16.3. The summed E-state index contributed by atoms with van der Waals surface area (Å²) in [5, 5.41) is 8.94. The molecule has 0 bridgehead atoms. The Labute approximate surface area is 54.2 Å². The van der Waals surface area contributed by atoms with E-state index in [1.54, 1.807) is 25.3 Å². The van der Waals surface area contributed by atoms with Gasteiger partial charge in [-0.25, -0.2) is 0 Å². The Hall–Kier alpha value is -0.890. The van der Waals surface area contributed by atoms with Crippen molar-refractivity contribution < 1.29 is 5.11 Å². The largest absolute Gasteiger partial charge is 0.387 e. The fourth-order valence-electron chi connectivity index (χ4n) is 0.566. The van der Waals surface area contributed by atoms with Crippen LogP contribution in [-0.2, 0) is 0 Å². The highest BCUT2D eigenvalue weighted by Gasteiger charge is 1.97. The number of hydrogen-bond donors (Lipinski definition) is 1. The molecule has 0 amide bonds. The van der Waals surface area contributed by atoms with Gasteiger partial charge in [-0.3, -0.25) is 4.98 Å². The van der Waals surface area contributed by atoms with E-state index in [1.807, 2.05) is 0 Å². The van der Waals surface area contributed by atoms with E-state index < -0.39 is 6.10 Å². The highest BCUT2D eigenvalue weighted by molar-refractivity contribution is 5.03. The standard InChI is InChI=1S/C7H8NO/c1-6(9)7-4-2-3-5-8-7/h3-6,9H,1H3. The summed E-state index contributed by atoms with van der Waals surface area (Å²) in [6.07, 6.45) is 1.13. The van der Waals surface area contributed by atoms with Crippen LogP contribution in [0.25, 0.3) is 0 Å². The SMILES string of the molecule is CC(O)c1c[c]ccn1. The summed E-state index contributed by atoms with van der Waals surface area (Å²) in [4.78, 5) is 3.90. The Bertz CT molecular complexity index is 172. The van der Waals surface area contributed by atoms with E-state index in [9.17, 15) is 0 Å². The maximum absolute atomic E-state index is 8.94. The van der Waals surface area contributed by atoms with Crippen molar-refractivity contribution in [3.63, 3.8) is 0 Å². The molecule has 1 radical (unpaired) electrons. The third-order valence-corrected chi connectivity index (χ3v) is 1.05. The molecule has 1 aromatic rings. The Morgan fingerprint density at radius 2 is 2.56 bits per heavy atom. The Morgan fingerprint density at radius 3 is 2.89 bits per heavy atom. The van der Waals surface area contributed by atoms with Crippen molar-refractivity contribution in [2.75, 3.05) is 0 Å². The first-order valence-electron chi connectivity index (χ1n) is 2.81. The number of pyridine rings is 1. The van der Waals surface area contributed by atoms with Gasteiger partial charge in [-0.15, -0.1) is 0 Å². The molecule has 0 aliphatic carbocycles. The molecule has 47 valence electrons. The average Bonchev–Trinajstić information content (AvgIpc) is 1.90. The second kappa shape index (κ2) is 2.60. The maximum Gasteiger partial charge on any atom is 0.0931 e. The van der Waals surface area contributed by atoms with Crippen LogP contribution in [-0.4, -0.2) is 10.1 Å². The summed E-state index contributed by atoms with van der Waals surface area (Å²) < 4.78 is 0. The lowest BCUT2D eigenvalue weighted by Gasteiger charge is -1.99. The van der Waals surface area contributed by atoms with Crippen molar-refractivity contribution in [1.29, 1.82) is 0 Å². The molecular formula is C7H8NO. The van der Waals surface area contributed by atoms with Gasteiger partial charge < -0.3 is 5.11 Å². The van der Waals surface area contributed by atoms with Gasteiger partial charge in [0, 0.05) is 6.20 Å². The summed E-state index contributed by atoms with van der Waals surface area (Å²) >= 11 is 0. The summed E-state index contributed by atoms with van der Waals surface area (Å²) in [6.45, 7) is 1.68. The van der Waals surface area contributed by atoms with Gasteiger partial charge in [0.15, 0.2) is 0 Å². The number of aromatic nitrogens is 1. The van der Waals surface area contributed by atoms with Crippen LogP contribution in [0.15, 0.2) is 18.3 Å². The normalized spacial score (nSPS) is 13.1. The summed E-state index contributed by atoms with van der Waals surface area (Å²) in [6, 6.07) is 6.19. The quantitative estimate of drug-likeness (QED) is 0.601. The van der Waals surface area contributed by atoms with Gasteiger partial charge in [-0.1, -0.05) is 0 Å². The molecule has 1 atom stereocenters. The number of rotatable bonds is 1. The summed E-state index contributed by atoms with van der Waals surface area (Å²) in [5.41, 5.74) is 0.664. The zero-order valence-electron chi connectivity index (χ0n) is 5.20. The molecule has 1 unspecified atom stereocenters. The average molecular weight is 122 g/mol. The number of aliphatic hydroxyl groups excluding tert-OH is 1. The summed E-state index contributed by atoms with van der Waals surface area (Å²) in [5.74, 6) is 0. The predicted octanol–water partition coefficient (Wildman–Crippen LogP) is 0.935. The van der Waals surface area contributed by atoms with Gasteiger partial charge in [0.05, 0.1) is 11.8 Å². The summed E-state index contributed by atoms with van der Waals surface area (Å²) in [7, 11) is 0. The molecule has 0 saturated carbocycles. The molecule has 0 fully saturated rings. The van der Waals surface area contributed by atoms with Crippen molar-refractivity contribution in [2.24, 2.45) is 0 Å². The van der Waals surface area contributed by atoms with Crippen molar-refractivity contribution in [1.82, 2.24) is 4.98 Å². The number of nitrogens with zero attached hydrogens (tertiary/aromatic N) is 1. The van der Waals surface area contributed by atoms with Crippen LogP contribution in [0.3, 0.4) is 0 Å². The fraction of sp³-hybridized carbons (Fsp3) is 0.286. The molecule has 0 aliphatic rings. The van der Waals surface area contributed by atoms with Crippen molar-refractivity contribution in [3.05, 3.63) is 30.1 Å². The minimum atomic E-state index is -0.484. The zero-order chi connectivity index (χ0) is 6.69. The molecule has 0 saturated heterocycles. The number of aliphatic hydroxyl groups is 1. The number of hydrogen-bond acceptors (Lipinski definition) is 2. The molecule has 1 aromatic heterocycles. The fourth-order valence-corrected chi connectivity index (χ4v) is 0.566. The molecule has 2 nitrogen and oxygen atoms in total. The maximum atomic E-state index is 8.94. The van der Waals surface area contributed by atoms with Crippen molar-refractivity contribution >= 4 is 0 Å². The Morgan fingerprint density at radius 1 is 1.78 bits per heavy atom. The molecule has 0 aliphatic heterocycles. The van der Waals surface area contributed by atoms with E-state index in [1.165, 1.54) is 0 Å². The van der Waals surface area contributed by atoms with Crippen LogP contribution in [0.4, 0.5) is 0 Å². The highest BCUT2D eigenvalue weighted by Crippen LogP contribution is 2.04. The van der Waals surface area contributed by atoms with Crippen LogP contribution in [0.2, 0.25) is 0 Å². The molecule has 1 heterocycles. The molecule has 0 aromatic carbocycles. The van der Waals surface area contributed by atoms with Gasteiger partial charge in [-0.2, -0.15) is 0 Å². The molecule has 0 spiro atoms. The van der Waals surface area contributed by atoms with Gasteiger partial charge >= 0.3 is 0 Å². The Kier molecular flexibility index (Phi) is 1.80. The van der Waals surface area contributed by atoms with Crippen molar-refractivity contribution in [3.8, 4) is 0 Å². The van der Waals surface area contributed by atoms with Crippen LogP contribution in [0.5, 0.6) is 0 Å². The van der Waals surface area contributed by atoms with Crippen LogP contribution in [0, 0.1) is 6.07 Å². The van der Waals surface area contributed by atoms with E-state index in [0.29, 0.717) is 5.69 Å². The first kappa shape index (κ1) is 6.23. The van der Waals surface area contributed by atoms with Gasteiger partial charge in [0.25, 0.3) is 0 Å². The molecule has 9 heavy (non-hydrogen) atoms. The molecule has 1 rings (SSSR count). The smallest absolute Gasteiger partial charge is 0.0931 e. The van der Waals surface area contributed by atoms with Gasteiger partial charge in [0.2, 0.25) is 0 Å². The van der Waals surface area contributed by atoms with E-state index in [-0.39, 0.29) is 0 Å². The zero-order valence-corrected chi connectivity index (χ0v) is 5.20. The first-order chi connectivity index (χ1) is 4.30. The topological polar surface area (TPSA) is 33.1 Å². The monoisotopic (exact) mass is 122 g/mol. The van der Waals surface area contributed by atoms with Gasteiger partial charge in [-0.05, 0) is 25.1 Å². The van der Waals surface area contributed by atoms with Crippen LogP contribution >= 0.6 is 0 Å². The minimum absolute atomic E-state index is 0.484. The van der Waals surface area contributed by atoms with E-state index in [0.717, 1.165) is 0 Å². The second-order valence-corrected chi connectivity index (χ2v) is 1.86. The van der Waals surface area contributed by atoms with Crippen LogP contribution in [0.1, 0.15) is 18.7 Å². The molecule has 2 heteroatoms. The van der Waals surface area contributed by atoms with E-state index in [4.69, 9.17) is 5.11 Å². The lowest BCUT2D eigenvalue weighted by Crippen LogP contribution is -1.92. The lowest BCUT2D eigenvalue weighted by molar-refractivity contribution is 0.194.